The minimum absolute atomic E-state index is 0.00420. The number of halogens is 2. The van der Waals surface area contributed by atoms with E-state index in [0.29, 0.717) is 5.56 Å². The lowest BCUT2D eigenvalue weighted by molar-refractivity contribution is -0.138. The van der Waals surface area contributed by atoms with E-state index in [0.717, 1.165) is 12.1 Å². The topological polar surface area (TPSA) is 98.9 Å². The van der Waals surface area contributed by atoms with Crippen LogP contribution in [0.25, 0.3) is 0 Å². The van der Waals surface area contributed by atoms with Gasteiger partial charge in [-0.25, -0.2) is 0 Å². The van der Waals surface area contributed by atoms with Crippen molar-refractivity contribution < 1.29 is 32.3 Å². The molecular weight excluding hydrogens is 331 g/mol. The molecular formula is C14H20F2NO5P. The van der Waals surface area contributed by atoms with E-state index in [4.69, 9.17) is 19.9 Å². The molecule has 23 heavy (non-hydrogen) atoms. The number of carboxylic acid groups (broad SMARTS) is 1. The lowest BCUT2D eigenvalue weighted by atomic mass is 10.0. The maximum absolute atomic E-state index is 14.5. The summed E-state index contributed by atoms with van der Waals surface area (Å²) in [5, 5.41) is 8.74. The normalized spacial score (nSPS) is 13.8. The molecule has 1 aromatic carbocycles. The van der Waals surface area contributed by atoms with Crippen LogP contribution in [0.1, 0.15) is 25.0 Å². The van der Waals surface area contributed by atoms with Gasteiger partial charge in [0.2, 0.25) is 0 Å². The van der Waals surface area contributed by atoms with Crippen LogP contribution in [0.15, 0.2) is 24.3 Å². The first kappa shape index (κ1) is 19.7. The Morgan fingerprint density at radius 3 is 2.13 bits per heavy atom. The van der Waals surface area contributed by atoms with Crippen molar-refractivity contribution in [3.8, 4) is 0 Å². The Morgan fingerprint density at radius 1 is 1.26 bits per heavy atom. The van der Waals surface area contributed by atoms with Crippen molar-refractivity contribution in [2.24, 2.45) is 5.73 Å². The number of aliphatic carboxylic acids is 1. The Labute approximate surface area is 133 Å². The quantitative estimate of drug-likeness (QED) is 0.664. The summed E-state index contributed by atoms with van der Waals surface area (Å²) in [6.07, 6.45) is -0.00420. The number of rotatable bonds is 9. The van der Waals surface area contributed by atoms with Gasteiger partial charge in [0.05, 0.1) is 13.2 Å². The van der Waals surface area contributed by atoms with E-state index >= 15 is 0 Å². The second-order valence-corrected chi connectivity index (χ2v) is 6.79. The highest BCUT2D eigenvalue weighted by molar-refractivity contribution is 7.54. The van der Waals surface area contributed by atoms with Gasteiger partial charge in [0, 0.05) is 5.56 Å². The van der Waals surface area contributed by atoms with Gasteiger partial charge in [-0.05, 0) is 25.8 Å². The van der Waals surface area contributed by atoms with Crippen molar-refractivity contribution in [3.05, 3.63) is 35.4 Å². The van der Waals surface area contributed by atoms with Gasteiger partial charge in [-0.3, -0.25) is 9.36 Å². The summed E-state index contributed by atoms with van der Waals surface area (Å²) in [5.74, 6) is -1.18. The molecule has 0 aliphatic carbocycles. The molecule has 0 saturated heterocycles. The average Bonchev–Trinajstić information content (AvgIpc) is 2.48. The van der Waals surface area contributed by atoms with Crippen LogP contribution in [-0.2, 0) is 30.5 Å². The van der Waals surface area contributed by atoms with Crippen LogP contribution in [-0.4, -0.2) is 30.3 Å². The van der Waals surface area contributed by atoms with E-state index in [1.54, 1.807) is 0 Å². The molecule has 0 spiro atoms. The number of carboxylic acids is 1. The Bertz CT molecular complexity index is 569. The largest absolute Gasteiger partial charge is 0.480 e. The smallest absolute Gasteiger partial charge is 0.404 e. The van der Waals surface area contributed by atoms with E-state index in [-0.39, 0.29) is 19.6 Å². The van der Waals surface area contributed by atoms with Crippen LogP contribution in [0, 0.1) is 0 Å². The van der Waals surface area contributed by atoms with Gasteiger partial charge in [-0.1, -0.05) is 24.3 Å². The predicted molar refractivity (Wildman–Crippen MR) is 80.5 cm³/mol. The second-order valence-electron chi connectivity index (χ2n) is 4.72. The van der Waals surface area contributed by atoms with Gasteiger partial charge in [-0.15, -0.1) is 0 Å². The predicted octanol–water partition coefficient (Wildman–Crippen LogP) is 2.96. The van der Waals surface area contributed by atoms with Gasteiger partial charge in [0.15, 0.2) is 0 Å². The lowest BCUT2D eigenvalue weighted by Crippen LogP contribution is -2.32. The van der Waals surface area contributed by atoms with Crippen LogP contribution < -0.4 is 5.73 Å². The molecule has 1 unspecified atom stereocenters. The van der Waals surface area contributed by atoms with Gasteiger partial charge >= 0.3 is 19.2 Å². The van der Waals surface area contributed by atoms with Crippen LogP contribution in [0.3, 0.4) is 0 Å². The molecule has 0 aliphatic rings. The van der Waals surface area contributed by atoms with Crippen molar-refractivity contribution in [2.45, 2.75) is 32.0 Å². The number of hydrogen-bond acceptors (Lipinski definition) is 5. The molecule has 0 bridgehead atoms. The van der Waals surface area contributed by atoms with E-state index in [1.807, 2.05) is 0 Å². The zero-order valence-corrected chi connectivity index (χ0v) is 13.8. The number of alkyl halides is 2. The maximum atomic E-state index is 14.5. The molecule has 0 amide bonds. The summed E-state index contributed by atoms with van der Waals surface area (Å²) in [6.45, 7) is 2.52. The molecule has 0 aromatic heterocycles. The number of hydrogen-bond donors (Lipinski definition) is 2. The summed E-state index contributed by atoms with van der Waals surface area (Å²) in [5.41, 5.74) is 1.52. The summed E-state index contributed by atoms with van der Waals surface area (Å²) in [4.78, 5) is 10.7. The zero-order valence-electron chi connectivity index (χ0n) is 12.9. The second kappa shape index (κ2) is 7.97. The molecule has 1 atom stereocenters. The van der Waals surface area contributed by atoms with Crippen molar-refractivity contribution in [1.82, 2.24) is 0 Å². The highest BCUT2D eigenvalue weighted by Crippen LogP contribution is 2.66. The number of nitrogens with two attached hydrogens (primary N) is 1. The molecule has 6 nitrogen and oxygen atoms in total. The Hall–Kier alpha value is -1.34. The molecule has 1 aromatic rings. The molecule has 0 fully saturated rings. The summed E-state index contributed by atoms with van der Waals surface area (Å²) < 4.78 is 50.6. The Morgan fingerprint density at radius 2 is 1.74 bits per heavy atom. The minimum atomic E-state index is -4.65. The highest BCUT2D eigenvalue weighted by Gasteiger charge is 2.54. The van der Waals surface area contributed by atoms with Crippen molar-refractivity contribution in [1.29, 1.82) is 0 Å². The first-order chi connectivity index (χ1) is 10.7. The van der Waals surface area contributed by atoms with Crippen LogP contribution in [0.4, 0.5) is 8.78 Å². The molecule has 0 saturated carbocycles. The summed E-state index contributed by atoms with van der Waals surface area (Å²) >= 11 is 0. The van der Waals surface area contributed by atoms with Crippen molar-refractivity contribution in [2.75, 3.05) is 13.2 Å². The van der Waals surface area contributed by atoms with E-state index in [1.165, 1.54) is 26.0 Å². The van der Waals surface area contributed by atoms with E-state index in [9.17, 15) is 18.1 Å². The van der Waals surface area contributed by atoms with Gasteiger partial charge in [0.25, 0.3) is 0 Å². The molecule has 0 radical (unpaired) electrons. The van der Waals surface area contributed by atoms with Crippen LogP contribution in [0.2, 0.25) is 0 Å². The minimum Gasteiger partial charge on any atom is -0.480 e. The van der Waals surface area contributed by atoms with Gasteiger partial charge in [0.1, 0.15) is 6.04 Å². The average molecular weight is 351 g/mol. The molecule has 3 N–H and O–H groups in total. The fourth-order valence-electron chi connectivity index (χ4n) is 1.88. The zero-order chi connectivity index (χ0) is 17.7. The Balaban J connectivity index is 3.04. The van der Waals surface area contributed by atoms with Crippen molar-refractivity contribution >= 4 is 13.6 Å². The standard InChI is InChI=1S/C14H20F2NO5P/c1-3-21-23(20,22-4-2)14(15,16)11-7-5-10(6-8-11)9-12(17)13(18)19/h5-8,12H,3-4,9,17H2,1-2H3,(H,18,19). The highest BCUT2D eigenvalue weighted by atomic mass is 31.2. The lowest BCUT2D eigenvalue weighted by Gasteiger charge is -2.26. The first-order valence-electron chi connectivity index (χ1n) is 7.02. The van der Waals surface area contributed by atoms with E-state index in [2.05, 4.69) is 0 Å². The molecule has 9 heteroatoms. The molecule has 0 heterocycles. The Kier molecular flexibility index (Phi) is 6.83. The van der Waals surface area contributed by atoms with E-state index < -0.39 is 30.8 Å². The first-order valence-corrected chi connectivity index (χ1v) is 8.57. The fourth-order valence-corrected chi connectivity index (χ4v) is 3.42. The fraction of sp³-hybridized carbons (Fsp3) is 0.500. The monoisotopic (exact) mass is 351 g/mol. The molecule has 130 valence electrons. The van der Waals surface area contributed by atoms with Crippen LogP contribution in [0.5, 0.6) is 0 Å². The van der Waals surface area contributed by atoms with Gasteiger partial charge < -0.3 is 19.9 Å². The third-order valence-corrected chi connectivity index (χ3v) is 5.16. The maximum Gasteiger partial charge on any atom is 0.404 e. The third kappa shape index (κ3) is 4.57. The van der Waals surface area contributed by atoms with Crippen LogP contribution >= 0.6 is 7.60 Å². The number of benzene rings is 1. The summed E-state index contributed by atoms with van der Waals surface area (Å²) in [6, 6.07) is 3.63. The third-order valence-electron chi connectivity index (χ3n) is 3.02. The number of carbonyl (C=O) groups is 1. The molecule has 1 rings (SSSR count). The van der Waals surface area contributed by atoms with Crippen molar-refractivity contribution in [3.63, 3.8) is 0 Å². The van der Waals surface area contributed by atoms with Gasteiger partial charge in [-0.2, -0.15) is 8.78 Å². The summed E-state index contributed by atoms with van der Waals surface area (Å²) in [7, 11) is -4.65. The molecule has 0 aliphatic heterocycles. The SMILES string of the molecule is CCOP(=O)(OCC)C(F)(F)c1ccc(CC(N)C(=O)O)cc1.